The summed E-state index contributed by atoms with van der Waals surface area (Å²) < 4.78 is 0. The second-order valence-corrected chi connectivity index (χ2v) is 3.98. The van der Waals surface area contributed by atoms with Gasteiger partial charge in [0.1, 0.15) is 0 Å². The molecule has 15 heavy (non-hydrogen) atoms. The van der Waals surface area contributed by atoms with Gasteiger partial charge in [-0.1, -0.05) is 35.9 Å². The zero-order valence-corrected chi connectivity index (χ0v) is 9.04. The van der Waals surface area contributed by atoms with E-state index in [1.807, 2.05) is 48.5 Å². The molecule has 0 aliphatic carbocycles. The summed E-state index contributed by atoms with van der Waals surface area (Å²) in [5, 5.41) is 0.774. The Morgan fingerprint density at radius 2 is 1.27 bits per heavy atom. The Kier molecular flexibility index (Phi) is 2.93. The van der Waals surface area contributed by atoms with Crippen LogP contribution in [-0.2, 0) is 6.42 Å². The van der Waals surface area contributed by atoms with Crippen LogP contribution in [0.3, 0.4) is 0 Å². The lowest BCUT2D eigenvalue weighted by Crippen LogP contribution is -1.89. The van der Waals surface area contributed by atoms with Crippen molar-refractivity contribution in [2.24, 2.45) is 0 Å². The summed E-state index contributed by atoms with van der Waals surface area (Å²) >= 11 is 5.82. The number of hydrogen-bond acceptors (Lipinski definition) is 1. The summed E-state index contributed by atoms with van der Waals surface area (Å²) in [7, 11) is 0. The van der Waals surface area contributed by atoms with Crippen LogP contribution < -0.4 is 5.73 Å². The number of anilines is 1. The second kappa shape index (κ2) is 4.37. The number of hydrogen-bond donors (Lipinski definition) is 1. The van der Waals surface area contributed by atoms with Gasteiger partial charge in [0.15, 0.2) is 0 Å². The van der Waals surface area contributed by atoms with Gasteiger partial charge in [-0.2, -0.15) is 0 Å². The summed E-state index contributed by atoms with van der Waals surface area (Å²) in [6.45, 7) is 0. The van der Waals surface area contributed by atoms with Gasteiger partial charge in [0.25, 0.3) is 0 Å². The highest BCUT2D eigenvalue weighted by atomic mass is 35.5. The number of halogens is 1. The Morgan fingerprint density at radius 3 is 1.80 bits per heavy atom. The smallest absolute Gasteiger partial charge is 0.0406 e. The molecule has 0 aliphatic heterocycles. The molecule has 0 radical (unpaired) electrons. The van der Waals surface area contributed by atoms with Gasteiger partial charge < -0.3 is 5.73 Å². The Morgan fingerprint density at radius 1 is 0.800 bits per heavy atom. The van der Waals surface area contributed by atoms with Crippen molar-refractivity contribution < 1.29 is 0 Å². The fourth-order valence-corrected chi connectivity index (χ4v) is 1.60. The Hall–Kier alpha value is -1.47. The van der Waals surface area contributed by atoms with Crippen molar-refractivity contribution >= 4 is 17.3 Å². The maximum atomic E-state index is 5.82. The first kappa shape index (κ1) is 10.1. The van der Waals surface area contributed by atoms with E-state index in [0.29, 0.717) is 0 Å². The van der Waals surface area contributed by atoms with Gasteiger partial charge in [0, 0.05) is 10.7 Å². The van der Waals surface area contributed by atoms with E-state index in [1.165, 1.54) is 11.1 Å². The van der Waals surface area contributed by atoms with E-state index in [0.717, 1.165) is 17.1 Å². The molecule has 0 saturated carbocycles. The average Bonchev–Trinajstić information content (AvgIpc) is 2.25. The topological polar surface area (TPSA) is 26.0 Å². The monoisotopic (exact) mass is 217 g/mol. The van der Waals surface area contributed by atoms with Crippen LogP contribution in [0.2, 0.25) is 5.02 Å². The number of rotatable bonds is 2. The van der Waals surface area contributed by atoms with Crippen LogP contribution in [0.15, 0.2) is 48.5 Å². The van der Waals surface area contributed by atoms with Crippen LogP contribution in [0, 0.1) is 0 Å². The Bertz CT molecular complexity index is 388. The predicted molar refractivity (Wildman–Crippen MR) is 65.1 cm³/mol. The maximum absolute atomic E-state index is 5.82. The molecule has 0 atom stereocenters. The van der Waals surface area contributed by atoms with Crippen molar-refractivity contribution in [1.82, 2.24) is 0 Å². The first-order valence-corrected chi connectivity index (χ1v) is 5.21. The van der Waals surface area contributed by atoms with Crippen molar-refractivity contribution in [1.29, 1.82) is 0 Å². The van der Waals surface area contributed by atoms with E-state index in [2.05, 4.69) is 0 Å². The third-order valence-corrected chi connectivity index (χ3v) is 2.55. The van der Waals surface area contributed by atoms with E-state index < -0.39 is 0 Å². The van der Waals surface area contributed by atoms with Crippen LogP contribution in [0.5, 0.6) is 0 Å². The molecular formula is C13H12ClN. The molecule has 2 aromatic carbocycles. The first-order valence-electron chi connectivity index (χ1n) is 4.83. The fraction of sp³-hybridized carbons (Fsp3) is 0.0769. The number of benzene rings is 2. The van der Waals surface area contributed by atoms with Gasteiger partial charge in [0.2, 0.25) is 0 Å². The van der Waals surface area contributed by atoms with Crippen molar-refractivity contribution in [3.05, 3.63) is 64.7 Å². The lowest BCUT2D eigenvalue weighted by Gasteiger charge is -2.02. The minimum atomic E-state index is 0.774. The molecule has 2 rings (SSSR count). The van der Waals surface area contributed by atoms with Gasteiger partial charge in [0.05, 0.1) is 0 Å². The van der Waals surface area contributed by atoms with Gasteiger partial charge >= 0.3 is 0 Å². The largest absolute Gasteiger partial charge is 0.399 e. The van der Waals surface area contributed by atoms with Crippen LogP contribution in [-0.4, -0.2) is 0 Å². The number of nitrogens with two attached hydrogens (primary N) is 1. The average molecular weight is 218 g/mol. The maximum Gasteiger partial charge on any atom is 0.0406 e. The van der Waals surface area contributed by atoms with Gasteiger partial charge in [-0.3, -0.25) is 0 Å². The molecular weight excluding hydrogens is 206 g/mol. The third-order valence-electron chi connectivity index (χ3n) is 2.30. The molecule has 0 aliphatic rings. The molecule has 2 aromatic rings. The van der Waals surface area contributed by atoms with E-state index in [4.69, 9.17) is 17.3 Å². The summed E-state index contributed by atoms with van der Waals surface area (Å²) in [4.78, 5) is 0. The van der Waals surface area contributed by atoms with E-state index in [1.54, 1.807) is 0 Å². The van der Waals surface area contributed by atoms with Gasteiger partial charge in [-0.05, 0) is 41.8 Å². The number of nitrogen functional groups attached to an aromatic ring is 1. The zero-order chi connectivity index (χ0) is 10.7. The summed E-state index contributed by atoms with van der Waals surface area (Å²) in [5.41, 5.74) is 8.93. The van der Waals surface area contributed by atoms with E-state index >= 15 is 0 Å². The second-order valence-electron chi connectivity index (χ2n) is 3.54. The van der Waals surface area contributed by atoms with Gasteiger partial charge in [-0.25, -0.2) is 0 Å². The Labute approximate surface area is 94.5 Å². The van der Waals surface area contributed by atoms with E-state index in [9.17, 15) is 0 Å². The molecule has 0 bridgehead atoms. The fourth-order valence-electron chi connectivity index (χ4n) is 1.47. The van der Waals surface area contributed by atoms with Crippen LogP contribution in [0.25, 0.3) is 0 Å². The highest BCUT2D eigenvalue weighted by Gasteiger charge is 1.96. The molecule has 0 unspecified atom stereocenters. The molecule has 2 heteroatoms. The molecule has 76 valence electrons. The minimum absolute atomic E-state index is 0.774. The highest BCUT2D eigenvalue weighted by Crippen LogP contribution is 2.14. The van der Waals surface area contributed by atoms with Crippen molar-refractivity contribution in [3.8, 4) is 0 Å². The molecule has 0 heterocycles. The van der Waals surface area contributed by atoms with Crippen molar-refractivity contribution in [2.45, 2.75) is 6.42 Å². The third kappa shape index (κ3) is 2.74. The van der Waals surface area contributed by atoms with E-state index in [-0.39, 0.29) is 0 Å². The molecule has 1 nitrogen and oxygen atoms in total. The summed E-state index contributed by atoms with van der Waals surface area (Å²) in [6.07, 6.45) is 0.914. The summed E-state index contributed by atoms with van der Waals surface area (Å²) in [6, 6.07) is 15.8. The lowest BCUT2D eigenvalue weighted by atomic mass is 10.1. The summed E-state index contributed by atoms with van der Waals surface area (Å²) in [5.74, 6) is 0. The highest BCUT2D eigenvalue weighted by molar-refractivity contribution is 6.30. The van der Waals surface area contributed by atoms with Crippen LogP contribution in [0.4, 0.5) is 5.69 Å². The van der Waals surface area contributed by atoms with Gasteiger partial charge in [-0.15, -0.1) is 0 Å². The molecule has 0 saturated heterocycles. The lowest BCUT2D eigenvalue weighted by molar-refractivity contribution is 1.19. The van der Waals surface area contributed by atoms with Crippen molar-refractivity contribution in [2.75, 3.05) is 5.73 Å². The predicted octanol–water partition coefficient (Wildman–Crippen LogP) is 3.51. The SMILES string of the molecule is Nc1ccc(Cc2ccc(Cl)cc2)cc1. The molecule has 0 spiro atoms. The minimum Gasteiger partial charge on any atom is -0.399 e. The quantitative estimate of drug-likeness (QED) is 0.766. The molecule has 0 fully saturated rings. The van der Waals surface area contributed by atoms with Crippen LogP contribution >= 0.6 is 11.6 Å². The molecule has 2 N–H and O–H groups in total. The zero-order valence-electron chi connectivity index (χ0n) is 8.28. The van der Waals surface area contributed by atoms with Crippen molar-refractivity contribution in [3.63, 3.8) is 0 Å². The standard InChI is InChI=1S/C13H12ClN/c14-12-5-1-10(2-6-12)9-11-3-7-13(15)8-4-11/h1-8H,9,15H2. The molecule has 0 amide bonds. The molecule has 0 aromatic heterocycles. The van der Waals surface area contributed by atoms with Crippen LogP contribution in [0.1, 0.15) is 11.1 Å². The normalized spacial score (nSPS) is 10.2. The Balaban J connectivity index is 2.15. The first-order chi connectivity index (χ1) is 7.24.